The Hall–Kier alpha value is -2.52. The van der Waals surface area contributed by atoms with Crippen LogP contribution in [0.5, 0.6) is 5.88 Å². The van der Waals surface area contributed by atoms with Gasteiger partial charge < -0.3 is 10.1 Å². The summed E-state index contributed by atoms with van der Waals surface area (Å²) < 4.78 is 45.2. The number of rotatable bonds is 6. The van der Waals surface area contributed by atoms with E-state index in [-0.39, 0.29) is 23.0 Å². The molecule has 0 radical (unpaired) electrons. The van der Waals surface area contributed by atoms with Gasteiger partial charge in [-0.2, -0.15) is 0 Å². The second-order valence-corrected chi connectivity index (χ2v) is 6.42. The molecular weight excluding hydrogens is 337 g/mol. The first kappa shape index (κ1) is 17.8. The van der Waals surface area contributed by atoms with E-state index < -0.39 is 27.3 Å². The second kappa shape index (κ2) is 7.37. The van der Waals surface area contributed by atoms with E-state index in [0.717, 1.165) is 18.2 Å². The molecule has 1 aromatic carbocycles. The van der Waals surface area contributed by atoms with Gasteiger partial charge in [0.2, 0.25) is 15.9 Å². The van der Waals surface area contributed by atoms with Crippen molar-refractivity contribution >= 4 is 21.6 Å². The van der Waals surface area contributed by atoms with Gasteiger partial charge in [0.25, 0.3) is 5.91 Å². The van der Waals surface area contributed by atoms with Crippen LogP contribution in [0.3, 0.4) is 0 Å². The maximum Gasteiger partial charge on any atom is 0.258 e. The number of hydrogen-bond donors (Lipinski definition) is 2. The number of anilines is 1. The fourth-order valence-corrected chi connectivity index (χ4v) is 3.02. The molecule has 2 rings (SSSR count). The summed E-state index contributed by atoms with van der Waals surface area (Å²) >= 11 is 0. The third-order valence-corrected chi connectivity index (χ3v) is 4.58. The van der Waals surface area contributed by atoms with Crippen LogP contribution in [0.25, 0.3) is 0 Å². The van der Waals surface area contributed by atoms with Crippen LogP contribution in [0, 0.1) is 5.82 Å². The fraction of sp³-hybridized carbons (Fsp3) is 0.200. The van der Waals surface area contributed by atoms with Crippen molar-refractivity contribution in [3.8, 4) is 5.88 Å². The quantitative estimate of drug-likeness (QED) is 0.825. The Morgan fingerprint density at radius 1 is 1.33 bits per heavy atom. The molecule has 0 spiro atoms. The van der Waals surface area contributed by atoms with Crippen LogP contribution in [-0.4, -0.2) is 33.0 Å². The molecule has 9 heteroatoms. The van der Waals surface area contributed by atoms with Crippen molar-refractivity contribution in [3.05, 3.63) is 47.9 Å². The molecule has 24 heavy (non-hydrogen) atoms. The molecule has 1 heterocycles. The lowest BCUT2D eigenvalue weighted by Gasteiger charge is -2.10. The molecule has 0 aliphatic carbocycles. The van der Waals surface area contributed by atoms with Crippen molar-refractivity contribution in [2.24, 2.45) is 0 Å². The number of halogens is 1. The number of methoxy groups -OCH3 is 1. The summed E-state index contributed by atoms with van der Waals surface area (Å²) in [4.78, 5) is 16.0. The number of ether oxygens (including phenoxy) is 1. The van der Waals surface area contributed by atoms with Crippen LogP contribution >= 0.6 is 0 Å². The number of nitrogens with one attached hydrogen (secondary N) is 2. The minimum Gasteiger partial charge on any atom is -0.480 e. The highest BCUT2D eigenvalue weighted by Gasteiger charge is 2.19. The summed E-state index contributed by atoms with van der Waals surface area (Å²) in [7, 11) is -2.43. The number of amides is 1. The van der Waals surface area contributed by atoms with Crippen molar-refractivity contribution < 1.29 is 22.3 Å². The first-order valence-electron chi connectivity index (χ1n) is 6.98. The average molecular weight is 353 g/mol. The molecule has 0 fully saturated rings. The summed E-state index contributed by atoms with van der Waals surface area (Å²) in [6.07, 6.45) is 1.47. The lowest BCUT2D eigenvalue weighted by atomic mass is 10.2. The van der Waals surface area contributed by atoms with Gasteiger partial charge in [-0.05, 0) is 30.3 Å². The van der Waals surface area contributed by atoms with E-state index in [2.05, 4.69) is 15.0 Å². The van der Waals surface area contributed by atoms with Crippen molar-refractivity contribution in [1.29, 1.82) is 0 Å². The van der Waals surface area contributed by atoms with E-state index in [4.69, 9.17) is 4.74 Å². The van der Waals surface area contributed by atoms with Crippen molar-refractivity contribution in [1.82, 2.24) is 9.71 Å². The molecule has 0 unspecified atom stereocenters. The van der Waals surface area contributed by atoms with Crippen LogP contribution in [0.4, 0.5) is 10.1 Å². The molecule has 1 amide bonds. The third kappa shape index (κ3) is 3.87. The Bertz CT molecular complexity index is 856. The average Bonchev–Trinajstić information content (AvgIpc) is 2.55. The molecule has 128 valence electrons. The smallest absolute Gasteiger partial charge is 0.258 e. The summed E-state index contributed by atoms with van der Waals surface area (Å²) in [6.45, 7) is 1.79. The Morgan fingerprint density at radius 3 is 2.75 bits per heavy atom. The predicted molar refractivity (Wildman–Crippen MR) is 86.0 cm³/mol. The van der Waals surface area contributed by atoms with Gasteiger partial charge in [-0.25, -0.2) is 22.5 Å². The predicted octanol–water partition coefficient (Wildman–Crippen LogP) is 1.78. The van der Waals surface area contributed by atoms with Crippen LogP contribution < -0.4 is 14.8 Å². The van der Waals surface area contributed by atoms with Gasteiger partial charge >= 0.3 is 0 Å². The molecule has 0 saturated heterocycles. The van der Waals surface area contributed by atoms with Gasteiger partial charge in [-0.15, -0.1) is 0 Å². The molecule has 0 aliphatic rings. The minimum atomic E-state index is -3.80. The number of nitrogens with zero attached hydrogens (tertiary/aromatic N) is 1. The van der Waals surface area contributed by atoms with Crippen molar-refractivity contribution in [3.63, 3.8) is 0 Å². The van der Waals surface area contributed by atoms with Gasteiger partial charge in [-0.1, -0.05) is 6.92 Å². The number of aromatic nitrogens is 1. The highest BCUT2D eigenvalue weighted by Crippen LogP contribution is 2.22. The third-order valence-electron chi connectivity index (χ3n) is 3.04. The highest BCUT2D eigenvalue weighted by molar-refractivity contribution is 7.89. The monoisotopic (exact) mass is 353 g/mol. The zero-order valence-electron chi connectivity index (χ0n) is 13.0. The van der Waals surface area contributed by atoms with Crippen LogP contribution in [0.1, 0.15) is 17.3 Å². The summed E-state index contributed by atoms with van der Waals surface area (Å²) in [5, 5.41) is 2.45. The van der Waals surface area contributed by atoms with Gasteiger partial charge in [0, 0.05) is 12.7 Å². The maximum atomic E-state index is 14.0. The maximum absolute atomic E-state index is 14.0. The molecule has 0 aliphatic heterocycles. The number of hydrogen-bond acceptors (Lipinski definition) is 5. The minimum absolute atomic E-state index is 0.155. The molecule has 0 saturated carbocycles. The van der Waals surface area contributed by atoms with Gasteiger partial charge in [0.15, 0.2) is 0 Å². The lowest BCUT2D eigenvalue weighted by Crippen LogP contribution is -2.24. The van der Waals surface area contributed by atoms with E-state index in [1.165, 1.54) is 19.4 Å². The first-order chi connectivity index (χ1) is 11.4. The number of benzene rings is 1. The molecular formula is C15H16FN3O4S. The topological polar surface area (TPSA) is 97.4 Å². The number of sulfonamides is 1. The van der Waals surface area contributed by atoms with E-state index in [1.807, 2.05) is 0 Å². The van der Waals surface area contributed by atoms with Gasteiger partial charge in [0.1, 0.15) is 11.5 Å². The van der Waals surface area contributed by atoms with Gasteiger partial charge in [0.05, 0.1) is 17.6 Å². The molecule has 1 aromatic heterocycles. The van der Waals surface area contributed by atoms with E-state index in [9.17, 15) is 17.6 Å². The van der Waals surface area contributed by atoms with E-state index in [0.29, 0.717) is 0 Å². The Balaban J connectivity index is 2.36. The van der Waals surface area contributed by atoms with E-state index in [1.54, 1.807) is 13.0 Å². The number of carbonyl (C=O) groups excluding carboxylic acids is 1. The fourth-order valence-electron chi connectivity index (χ4n) is 1.96. The standard InChI is InChI=1S/C15H16FN3O4S/c1-3-18-24(21,22)10-6-7-12(16)11(9-10)14(20)19-13-5-4-8-17-15(13)23-2/h4-9,18H,3H2,1-2H3,(H,19,20). The summed E-state index contributed by atoms with van der Waals surface area (Å²) in [5.41, 5.74) is -0.163. The molecule has 2 N–H and O–H groups in total. The Labute approximate surface area is 138 Å². The molecule has 0 bridgehead atoms. The second-order valence-electron chi connectivity index (χ2n) is 4.66. The highest BCUT2D eigenvalue weighted by atomic mass is 32.2. The van der Waals surface area contributed by atoms with Crippen LogP contribution in [0.15, 0.2) is 41.4 Å². The van der Waals surface area contributed by atoms with Crippen molar-refractivity contribution in [2.75, 3.05) is 19.0 Å². The zero-order chi connectivity index (χ0) is 17.7. The first-order valence-corrected chi connectivity index (χ1v) is 8.47. The number of carbonyl (C=O) groups is 1. The summed E-state index contributed by atoms with van der Waals surface area (Å²) in [5.74, 6) is -1.50. The zero-order valence-corrected chi connectivity index (χ0v) is 13.9. The molecule has 0 atom stereocenters. The summed E-state index contributed by atoms with van der Waals surface area (Å²) in [6, 6.07) is 6.10. The normalized spacial score (nSPS) is 11.1. The van der Waals surface area contributed by atoms with Crippen LogP contribution in [-0.2, 0) is 10.0 Å². The Morgan fingerprint density at radius 2 is 2.08 bits per heavy atom. The molecule has 2 aromatic rings. The lowest BCUT2D eigenvalue weighted by molar-refractivity contribution is 0.102. The van der Waals surface area contributed by atoms with E-state index >= 15 is 0 Å². The number of pyridine rings is 1. The van der Waals surface area contributed by atoms with Gasteiger partial charge in [-0.3, -0.25) is 4.79 Å². The SMILES string of the molecule is CCNS(=O)(=O)c1ccc(F)c(C(=O)Nc2cccnc2OC)c1. The largest absolute Gasteiger partial charge is 0.480 e. The van der Waals surface area contributed by atoms with Crippen LogP contribution in [0.2, 0.25) is 0 Å². The molecule has 7 nitrogen and oxygen atoms in total. The van der Waals surface area contributed by atoms with Crippen molar-refractivity contribution in [2.45, 2.75) is 11.8 Å². The Kier molecular flexibility index (Phi) is 5.47.